The van der Waals surface area contributed by atoms with E-state index in [0.29, 0.717) is 0 Å². The molecule has 0 bridgehead atoms. The van der Waals surface area contributed by atoms with Crippen molar-refractivity contribution in [1.29, 1.82) is 0 Å². The van der Waals surface area contributed by atoms with Crippen LogP contribution in [-0.4, -0.2) is 24.3 Å². The summed E-state index contributed by atoms with van der Waals surface area (Å²) in [5, 5.41) is 1.12. The van der Waals surface area contributed by atoms with Gasteiger partial charge in [-0.15, -0.1) is 0 Å². The van der Waals surface area contributed by atoms with Crippen molar-refractivity contribution in [3.05, 3.63) is 0 Å². The molecule has 0 spiro atoms. The van der Waals surface area contributed by atoms with Crippen LogP contribution in [0.5, 0.6) is 0 Å². The Hall–Kier alpha value is 0.400. The van der Waals surface area contributed by atoms with Crippen molar-refractivity contribution in [3.63, 3.8) is 0 Å². The molecule has 0 unspecified atom stereocenters. The largest absolute Gasteiger partial charge is 0.348 e. The van der Waals surface area contributed by atoms with Crippen LogP contribution in [0.4, 0.5) is 0 Å². The molecule has 0 aliphatic carbocycles. The van der Waals surface area contributed by atoms with Gasteiger partial charge in [-0.05, 0) is 19.3 Å². The first-order valence-electron chi connectivity index (χ1n) is 5.67. The molecule has 1 saturated heterocycles. The van der Waals surface area contributed by atoms with Crippen LogP contribution in [0.25, 0.3) is 0 Å². The SMILES string of the molecule is CCC1(CCCCCCBr)OCCO1. The fourth-order valence-corrected chi connectivity index (χ4v) is 2.26. The summed E-state index contributed by atoms with van der Waals surface area (Å²) in [6, 6.07) is 0. The second kappa shape index (κ2) is 6.81. The molecule has 1 heterocycles. The first-order chi connectivity index (χ1) is 6.83. The third-order valence-corrected chi connectivity index (χ3v) is 3.35. The second-order valence-electron chi connectivity index (χ2n) is 3.81. The Labute approximate surface area is 95.5 Å². The zero-order chi connectivity index (χ0) is 10.3. The fraction of sp³-hybridized carbons (Fsp3) is 1.00. The second-order valence-corrected chi connectivity index (χ2v) is 4.61. The Morgan fingerprint density at radius 1 is 1.07 bits per heavy atom. The van der Waals surface area contributed by atoms with Crippen LogP contribution < -0.4 is 0 Å². The topological polar surface area (TPSA) is 18.5 Å². The predicted octanol–water partition coefficient (Wildman–Crippen LogP) is 3.48. The molecule has 1 aliphatic rings. The van der Waals surface area contributed by atoms with E-state index < -0.39 is 0 Å². The van der Waals surface area contributed by atoms with Crippen molar-refractivity contribution in [2.24, 2.45) is 0 Å². The molecule has 14 heavy (non-hydrogen) atoms. The van der Waals surface area contributed by atoms with Crippen LogP contribution in [0.2, 0.25) is 0 Å². The lowest BCUT2D eigenvalue weighted by molar-refractivity contribution is -0.164. The van der Waals surface area contributed by atoms with E-state index in [1.807, 2.05) is 0 Å². The molecule has 0 N–H and O–H groups in total. The van der Waals surface area contributed by atoms with Crippen LogP contribution in [0.3, 0.4) is 0 Å². The third kappa shape index (κ3) is 3.87. The Bertz CT molecular complexity index is 144. The summed E-state index contributed by atoms with van der Waals surface area (Å²) in [6.07, 6.45) is 7.14. The van der Waals surface area contributed by atoms with Crippen molar-refractivity contribution >= 4 is 15.9 Å². The first kappa shape index (κ1) is 12.5. The molecule has 0 amide bonds. The van der Waals surface area contributed by atoms with E-state index in [-0.39, 0.29) is 5.79 Å². The average molecular weight is 265 g/mol. The molecule has 0 aromatic carbocycles. The Morgan fingerprint density at radius 2 is 1.71 bits per heavy atom. The molecule has 3 heteroatoms. The summed E-state index contributed by atoms with van der Waals surface area (Å²) in [5.74, 6) is -0.228. The van der Waals surface area contributed by atoms with Crippen LogP contribution in [0, 0.1) is 0 Å². The lowest BCUT2D eigenvalue weighted by Gasteiger charge is -2.25. The summed E-state index contributed by atoms with van der Waals surface area (Å²) in [6.45, 7) is 3.69. The number of unbranched alkanes of at least 4 members (excludes halogenated alkanes) is 3. The summed E-state index contributed by atoms with van der Waals surface area (Å²) in [5.41, 5.74) is 0. The van der Waals surface area contributed by atoms with Crippen LogP contribution >= 0.6 is 15.9 Å². The van der Waals surface area contributed by atoms with Crippen LogP contribution in [0.15, 0.2) is 0 Å². The first-order valence-corrected chi connectivity index (χ1v) is 6.79. The quantitative estimate of drug-likeness (QED) is 0.518. The lowest BCUT2D eigenvalue weighted by atomic mass is 10.0. The van der Waals surface area contributed by atoms with Gasteiger partial charge in [-0.25, -0.2) is 0 Å². The predicted molar refractivity (Wildman–Crippen MR) is 61.8 cm³/mol. The molecule has 0 aromatic heterocycles. The van der Waals surface area contributed by atoms with Gasteiger partial charge in [0.05, 0.1) is 13.2 Å². The normalized spacial score (nSPS) is 20.1. The van der Waals surface area contributed by atoms with Gasteiger partial charge in [0.1, 0.15) is 0 Å². The molecule has 84 valence electrons. The highest BCUT2D eigenvalue weighted by Crippen LogP contribution is 2.29. The summed E-state index contributed by atoms with van der Waals surface area (Å²) in [7, 11) is 0. The minimum Gasteiger partial charge on any atom is -0.348 e. The van der Waals surface area contributed by atoms with Crippen molar-refractivity contribution in [1.82, 2.24) is 0 Å². The smallest absolute Gasteiger partial charge is 0.168 e. The van der Waals surface area contributed by atoms with Gasteiger partial charge in [0.2, 0.25) is 0 Å². The van der Waals surface area contributed by atoms with E-state index in [1.54, 1.807) is 0 Å². The summed E-state index contributed by atoms with van der Waals surface area (Å²) in [4.78, 5) is 0. The van der Waals surface area contributed by atoms with Gasteiger partial charge in [0.25, 0.3) is 0 Å². The maximum atomic E-state index is 5.66. The van der Waals surface area contributed by atoms with Gasteiger partial charge in [0.15, 0.2) is 5.79 Å². The van der Waals surface area contributed by atoms with E-state index in [1.165, 1.54) is 25.7 Å². The van der Waals surface area contributed by atoms with Crippen LogP contribution in [-0.2, 0) is 9.47 Å². The van der Waals surface area contributed by atoms with Gasteiger partial charge >= 0.3 is 0 Å². The van der Waals surface area contributed by atoms with E-state index in [9.17, 15) is 0 Å². The molecule has 0 aromatic rings. The van der Waals surface area contributed by atoms with Crippen LogP contribution in [0.1, 0.15) is 45.4 Å². The van der Waals surface area contributed by atoms with Gasteiger partial charge in [-0.3, -0.25) is 0 Å². The average Bonchev–Trinajstić information content (AvgIpc) is 2.67. The Balaban J connectivity index is 2.08. The molecular weight excluding hydrogens is 244 g/mol. The molecule has 1 aliphatic heterocycles. The fourth-order valence-electron chi connectivity index (χ4n) is 1.86. The molecule has 0 radical (unpaired) electrons. The zero-order valence-electron chi connectivity index (χ0n) is 9.06. The summed E-state index contributed by atoms with van der Waals surface area (Å²) < 4.78 is 11.3. The maximum Gasteiger partial charge on any atom is 0.168 e. The third-order valence-electron chi connectivity index (χ3n) is 2.79. The van der Waals surface area contributed by atoms with E-state index in [2.05, 4.69) is 22.9 Å². The van der Waals surface area contributed by atoms with Crippen molar-refractivity contribution in [3.8, 4) is 0 Å². The monoisotopic (exact) mass is 264 g/mol. The van der Waals surface area contributed by atoms with Crippen molar-refractivity contribution in [2.45, 2.75) is 51.2 Å². The van der Waals surface area contributed by atoms with E-state index >= 15 is 0 Å². The lowest BCUT2D eigenvalue weighted by Crippen LogP contribution is -2.28. The standard InChI is InChI=1S/C11H21BrO2/c1-2-11(13-9-10-14-11)7-5-3-4-6-8-12/h2-10H2,1H3. The molecule has 1 fully saturated rings. The molecule has 0 atom stereocenters. The van der Waals surface area contributed by atoms with E-state index in [4.69, 9.17) is 9.47 Å². The number of ether oxygens (including phenoxy) is 2. The van der Waals surface area contributed by atoms with Gasteiger partial charge in [-0.2, -0.15) is 0 Å². The van der Waals surface area contributed by atoms with E-state index in [0.717, 1.165) is 31.4 Å². The van der Waals surface area contributed by atoms with Crippen molar-refractivity contribution < 1.29 is 9.47 Å². The molecule has 1 rings (SSSR count). The molecule has 0 saturated carbocycles. The Morgan fingerprint density at radius 3 is 2.29 bits per heavy atom. The minimum absolute atomic E-state index is 0.228. The highest BCUT2D eigenvalue weighted by Gasteiger charge is 2.33. The van der Waals surface area contributed by atoms with Gasteiger partial charge < -0.3 is 9.47 Å². The van der Waals surface area contributed by atoms with Gasteiger partial charge in [0, 0.05) is 11.8 Å². The molecular formula is C11H21BrO2. The number of halogens is 1. The number of hydrogen-bond acceptors (Lipinski definition) is 2. The number of hydrogen-bond donors (Lipinski definition) is 0. The maximum absolute atomic E-state index is 5.66. The summed E-state index contributed by atoms with van der Waals surface area (Å²) >= 11 is 3.44. The number of rotatable bonds is 7. The minimum atomic E-state index is -0.228. The highest BCUT2D eigenvalue weighted by atomic mass is 79.9. The van der Waals surface area contributed by atoms with Gasteiger partial charge in [-0.1, -0.05) is 35.7 Å². The Kier molecular flexibility index (Phi) is 6.06. The highest BCUT2D eigenvalue weighted by molar-refractivity contribution is 9.09. The number of alkyl halides is 1. The molecule has 2 nitrogen and oxygen atoms in total. The van der Waals surface area contributed by atoms with Crippen molar-refractivity contribution in [2.75, 3.05) is 18.5 Å². The zero-order valence-corrected chi connectivity index (χ0v) is 10.6.